The Kier molecular flexibility index (Phi) is 3.21. The van der Waals surface area contributed by atoms with E-state index in [2.05, 4.69) is 10.2 Å². The van der Waals surface area contributed by atoms with Gasteiger partial charge in [-0.1, -0.05) is 0 Å². The predicted molar refractivity (Wildman–Crippen MR) is 71.5 cm³/mol. The molecule has 106 valence electrons. The summed E-state index contributed by atoms with van der Waals surface area (Å²) in [7, 11) is 1.47. The number of likely N-dealkylation sites (N-methyl/N-ethyl adjacent to an activating group) is 1. The second-order valence-corrected chi connectivity index (χ2v) is 5.12. The molecule has 2 heterocycles. The third-order valence-corrected chi connectivity index (χ3v) is 3.49. The van der Waals surface area contributed by atoms with Crippen LogP contribution in [-0.4, -0.2) is 49.1 Å². The van der Waals surface area contributed by atoms with Gasteiger partial charge < -0.3 is 10.0 Å². The molecule has 0 radical (unpaired) electrons. The van der Waals surface area contributed by atoms with Crippen molar-refractivity contribution in [2.24, 2.45) is 0 Å². The topological polar surface area (TPSA) is 87.8 Å². The van der Waals surface area contributed by atoms with Crippen LogP contribution in [0, 0.1) is 6.92 Å². The molecule has 0 unspecified atom stereocenters. The van der Waals surface area contributed by atoms with Crippen LogP contribution in [0.2, 0.25) is 0 Å². The van der Waals surface area contributed by atoms with Crippen molar-refractivity contribution in [3.63, 3.8) is 0 Å². The van der Waals surface area contributed by atoms with Crippen LogP contribution in [0.4, 0.5) is 0 Å². The molecule has 0 fully saturated rings. The second kappa shape index (κ2) is 4.59. The van der Waals surface area contributed by atoms with Crippen LogP contribution in [0.15, 0.2) is 18.3 Å². The van der Waals surface area contributed by atoms with E-state index in [0.717, 1.165) is 0 Å². The molecule has 0 aromatic carbocycles. The molecule has 0 saturated heterocycles. The zero-order chi connectivity index (χ0) is 15.1. The minimum absolute atomic E-state index is 0.368. The van der Waals surface area contributed by atoms with Crippen molar-refractivity contribution in [2.45, 2.75) is 26.3 Å². The summed E-state index contributed by atoms with van der Waals surface area (Å²) in [6.45, 7) is 4.74. The molecule has 2 rings (SSSR count). The van der Waals surface area contributed by atoms with Gasteiger partial charge in [-0.2, -0.15) is 0 Å². The first-order valence-electron chi connectivity index (χ1n) is 6.08. The first-order valence-corrected chi connectivity index (χ1v) is 6.08. The van der Waals surface area contributed by atoms with Gasteiger partial charge in [0.25, 0.3) is 5.91 Å². The number of aliphatic carboxylic acids is 1. The monoisotopic (exact) mass is 276 g/mol. The van der Waals surface area contributed by atoms with Crippen LogP contribution in [-0.2, 0) is 4.79 Å². The number of carbonyl (C=O) groups excluding carboxylic acids is 1. The van der Waals surface area contributed by atoms with Gasteiger partial charge in [0.2, 0.25) is 0 Å². The van der Waals surface area contributed by atoms with E-state index in [0.29, 0.717) is 17.0 Å². The third-order valence-electron chi connectivity index (χ3n) is 3.49. The van der Waals surface area contributed by atoms with E-state index in [4.69, 9.17) is 0 Å². The maximum absolute atomic E-state index is 12.4. The Hall–Kier alpha value is -2.44. The van der Waals surface area contributed by atoms with E-state index in [-0.39, 0.29) is 5.91 Å². The van der Waals surface area contributed by atoms with Crippen molar-refractivity contribution >= 4 is 17.5 Å². The number of aromatic nitrogens is 3. The minimum Gasteiger partial charge on any atom is -0.480 e. The Labute approximate surface area is 115 Å². The third kappa shape index (κ3) is 2.11. The second-order valence-electron chi connectivity index (χ2n) is 5.12. The summed E-state index contributed by atoms with van der Waals surface area (Å²) >= 11 is 0. The number of hydrogen-bond acceptors (Lipinski definition) is 4. The molecule has 0 saturated carbocycles. The number of carboxylic acid groups (broad SMARTS) is 1. The van der Waals surface area contributed by atoms with E-state index in [1.165, 1.54) is 25.8 Å². The lowest BCUT2D eigenvalue weighted by Crippen LogP contribution is -2.50. The summed E-state index contributed by atoms with van der Waals surface area (Å²) < 4.78 is 1.69. The van der Waals surface area contributed by atoms with E-state index in [1.807, 2.05) is 0 Å². The van der Waals surface area contributed by atoms with Crippen LogP contribution < -0.4 is 0 Å². The highest BCUT2D eigenvalue weighted by atomic mass is 16.4. The molecule has 7 nitrogen and oxygen atoms in total. The molecule has 2 aromatic rings. The maximum Gasteiger partial charge on any atom is 0.329 e. The molecule has 0 atom stereocenters. The van der Waals surface area contributed by atoms with E-state index >= 15 is 0 Å². The quantitative estimate of drug-likeness (QED) is 0.902. The van der Waals surface area contributed by atoms with Crippen LogP contribution in [0.1, 0.15) is 30.0 Å². The SMILES string of the molecule is Cc1nnc2ccc(C(=O)N(C)C(C)(C)C(=O)O)cn12. The van der Waals surface area contributed by atoms with Gasteiger partial charge in [-0.3, -0.25) is 9.20 Å². The lowest BCUT2D eigenvalue weighted by Gasteiger charge is -2.31. The highest BCUT2D eigenvalue weighted by molar-refractivity contribution is 5.97. The first-order chi connectivity index (χ1) is 9.25. The zero-order valence-corrected chi connectivity index (χ0v) is 11.8. The van der Waals surface area contributed by atoms with Gasteiger partial charge in [0.15, 0.2) is 5.65 Å². The van der Waals surface area contributed by atoms with Crippen molar-refractivity contribution < 1.29 is 14.7 Å². The first kappa shape index (κ1) is 14.0. The van der Waals surface area contributed by atoms with Gasteiger partial charge in [0.05, 0.1) is 5.56 Å². The lowest BCUT2D eigenvalue weighted by molar-refractivity contribution is -0.147. The van der Waals surface area contributed by atoms with Crippen molar-refractivity contribution in [3.05, 3.63) is 29.7 Å². The highest BCUT2D eigenvalue weighted by Crippen LogP contribution is 2.17. The molecule has 7 heteroatoms. The Morgan fingerprint density at radius 1 is 1.30 bits per heavy atom. The van der Waals surface area contributed by atoms with Gasteiger partial charge in [-0.15, -0.1) is 10.2 Å². The number of nitrogens with zero attached hydrogens (tertiary/aromatic N) is 4. The molecule has 0 aliphatic carbocycles. The normalized spacial score (nSPS) is 11.6. The van der Waals surface area contributed by atoms with Gasteiger partial charge in [0.1, 0.15) is 11.4 Å². The molecular weight excluding hydrogens is 260 g/mol. The van der Waals surface area contributed by atoms with Crippen molar-refractivity contribution in [1.82, 2.24) is 19.5 Å². The largest absolute Gasteiger partial charge is 0.480 e. The zero-order valence-electron chi connectivity index (χ0n) is 11.8. The molecule has 1 N–H and O–H groups in total. The summed E-state index contributed by atoms with van der Waals surface area (Å²) in [5.41, 5.74) is -0.259. The summed E-state index contributed by atoms with van der Waals surface area (Å²) in [5, 5.41) is 17.0. The Morgan fingerprint density at radius 3 is 2.55 bits per heavy atom. The van der Waals surface area contributed by atoms with Crippen LogP contribution in [0.5, 0.6) is 0 Å². The summed E-state index contributed by atoms with van der Waals surface area (Å²) in [6.07, 6.45) is 1.61. The van der Waals surface area contributed by atoms with Gasteiger partial charge in [0, 0.05) is 13.2 Å². The highest BCUT2D eigenvalue weighted by Gasteiger charge is 2.35. The molecule has 0 spiro atoms. The Bertz CT molecular complexity index is 690. The Morgan fingerprint density at radius 2 is 1.95 bits per heavy atom. The van der Waals surface area contributed by atoms with Crippen molar-refractivity contribution in [3.8, 4) is 0 Å². The van der Waals surface area contributed by atoms with Gasteiger partial charge in [-0.05, 0) is 32.9 Å². The number of hydrogen-bond donors (Lipinski definition) is 1. The molecule has 0 aliphatic rings. The van der Waals surface area contributed by atoms with Crippen LogP contribution >= 0.6 is 0 Å². The van der Waals surface area contributed by atoms with E-state index < -0.39 is 11.5 Å². The lowest BCUT2D eigenvalue weighted by atomic mass is 10.0. The van der Waals surface area contributed by atoms with Gasteiger partial charge >= 0.3 is 5.97 Å². The average Bonchev–Trinajstić information content (AvgIpc) is 2.78. The van der Waals surface area contributed by atoms with Crippen LogP contribution in [0.25, 0.3) is 5.65 Å². The number of carbonyl (C=O) groups is 2. The standard InChI is InChI=1S/C13H16N4O3/c1-8-14-15-10-6-5-9(7-17(8)10)11(18)16(4)13(2,3)12(19)20/h5-7H,1-4H3,(H,19,20). The van der Waals surface area contributed by atoms with E-state index in [9.17, 15) is 14.7 Å². The summed E-state index contributed by atoms with van der Waals surface area (Å²) in [6, 6.07) is 3.29. The number of carboxylic acids is 1. The number of fused-ring (bicyclic) bond motifs is 1. The van der Waals surface area contributed by atoms with Crippen molar-refractivity contribution in [1.29, 1.82) is 0 Å². The molecule has 0 aliphatic heterocycles. The minimum atomic E-state index is -1.28. The fourth-order valence-corrected chi connectivity index (χ4v) is 1.72. The van der Waals surface area contributed by atoms with Crippen molar-refractivity contribution in [2.75, 3.05) is 7.05 Å². The number of pyridine rings is 1. The molecule has 2 aromatic heterocycles. The Balaban J connectivity index is 2.40. The number of amides is 1. The average molecular weight is 276 g/mol. The maximum atomic E-state index is 12.4. The molecule has 1 amide bonds. The fraction of sp³-hybridized carbons (Fsp3) is 0.385. The summed E-state index contributed by atoms with van der Waals surface area (Å²) in [4.78, 5) is 24.8. The smallest absolute Gasteiger partial charge is 0.329 e. The molecule has 20 heavy (non-hydrogen) atoms. The number of rotatable bonds is 3. The molecule has 0 bridgehead atoms. The number of aryl methyl sites for hydroxylation is 1. The van der Waals surface area contributed by atoms with Crippen LogP contribution in [0.3, 0.4) is 0 Å². The summed E-state index contributed by atoms with van der Waals surface area (Å²) in [5.74, 6) is -0.767. The van der Waals surface area contributed by atoms with Gasteiger partial charge in [-0.25, -0.2) is 4.79 Å². The fourth-order valence-electron chi connectivity index (χ4n) is 1.72. The predicted octanol–water partition coefficient (Wildman–Crippen LogP) is 0.973. The molecular formula is C13H16N4O3. The van der Waals surface area contributed by atoms with E-state index in [1.54, 1.807) is 29.7 Å².